The predicted molar refractivity (Wildman–Crippen MR) is 91.4 cm³/mol. The molecule has 0 bridgehead atoms. The molecule has 0 aliphatic rings. The quantitative estimate of drug-likeness (QED) is 0.490. The van der Waals surface area contributed by atoms with Crippen LogP contribution in [0, 0.1) is 5.21 Å². The molecule has 7 nitrogen and oxygen atoms in total. The molecule has 0 fully saturated rings. The summed E-state index contributed by atoms with van der Waals surface area (Å²) in [6.07, 6.45) is 1.38. The van der Waals surface area contributed by atoms with E-state index < -0.39 is 5.23 Å². The predicted octanol–water partition coefficient (Wildman–Crippen LogP) is 2.11. The molecule has 0 radical (unpaired) electrons. The maximum Gasteiger partial charge on any atom is 0.271 e. The van der Waals surface area contributed by atoms with Gasteiger partial charge in [0, 0.05) is 23.3 Å². The van der Waals surface area contributed by atoms with Crippen molar-refractivity contribution in [2.24, 2.45) is 5.10 Å². The molecule has 1 aromatic heterocycles. The van der Waals surface area contributed by atoms with E-state index in [0.717, 1.165) is 0 Å². The van der Waals surface area contributed by atoms with Crippen LogP contribution in [0.2, 0.25) is 0 Å². The van der Waals surface area contributed by atoms with Gasteiger partial charge in [-0.3, -0.25) is 4.79 Å². The van der Waals surface area contributed by atoms with Gasteiger partial charge in [0.15, 0.2) is 5.69 Å². The number of quaternary nitrogens is 1. The summed E-state index contributed by atoms with van der Waals surface area (Å²) < 4.78 is 5.60. The zero-order chi connectivity index (χ0) is 17.6. The highest BCUT2D eigenvalue weighted by molar-refractivity contribution is 5.94. The zero-order valence-electron chi connectivity index (χ0n) is 13.0. The third-order valence-electron chi connectivity index (χ3n) is 3.41. The van der Waals surface area contributed by atoms with Gasteiger partial charge in [0.05, 0.1) is 6.21 Å². The Morgan fingerprint density at radius 2 is 1.92 bits per heavy atom. The summed E-state index contributed by atoms with van der Waals surface area (Å²) in [5, 5.41) is 22.9. The first kappa shape index (κ1) is 16.6. The number of nitrogens with zero attached hydrogens (tertiary/aromatic N) is 1. The van der Waals surface area contributed by atoms with Crippen molar-refractivity contribution in [2.45, 2.75) is 0 Å². The lowest BCUT2D eigenvalue weighted by atomic mass is 10.1. The Morgan fingerprint density at radius 3 is 2.68 bits per heavy atom. The van der Waals surface area contributed by atoms with Gasteiger partial charge in [-0.25, -0.2) is 10.6 Å². The molecule has 0 saturated carbocycles. The van der Waals surface area contributed by atoms with E-state index >= 15 is 0 Å². The average Bonchev–Trinajstić information content (AvgIpc) is 3.11. The molecule has 126 valence electrons. The number of carbonyl (C=O) groups excluding carboxylic acids is 1. The number of furan rings is 1. The minimum Gasteiger partial charge on any atom is -0.595 e. The fourth-order valence-corrected chi connectivity index (χ4v) is 2.19. The van der Waals surface area contributed by atoms with Crippen molar-refractivity contribution in [1.29, 1.82) is 0 Å². The molecule has 0 saturated heterocycles. The van der Waals surface area contributed by atoms with E-state index in [1.807, 2.05) is 6.07 Å². The number of rotatable bonds is 5. The summed E-state index contributed by atoms with van der Waals surface area (Å²) in [7, 11) is 0. The van der Waals surface area contributed by atoms with Gasteiger partial charge >= 0.3 is 0 Å². The van der Waals surface area contributed by atoms with Crippen LogP contribution in [0.25, 0.3) is 11.3 Å². The van der Waals surface area contributed by atoms with Crippen molar-refractivity contribution in [3.63, 3.8) is 0 Å². The second kappa shape index (κ2) is 7.54. The highest BCUT2D eigenvalue weighted by atomic mass is 16.8. The highest BCUT2D eigenvalue weighted by Crippen LogP contribution is 2.23. The van der Waals surface area contributed by atoms with Gasteiger partial charge in [-0.15, -0.1) is 0 Å². The zero-order valence-corrected chi connectivity index (χ0v) is 13.0. The molecule has 0 spiro atoms. The van der Waals surface area contributed by atoms with Gasteiger partial charge in [0.2, 0.25) is 0 Å². The molecule has 25 heavy (non-hydrogen) atoms. The Morgan fingerprint density at radius 1 is 1.12 bits per heavy atom. The van der Waals surface area contributed by atoms with Crippen LogP contribution in [0.15, 0.2) is 76.2 Å². The van der Waals surface area contributed by atoms with E-state index in [0.29, 0.717) is 22.6 Å². The van der Waals surface area contributed by atoms with Gasteiger partial charge in [-0.2, -0.15) is 10.3 Å². The van der Waals surface area contributed by atoms with Crippen LogP contribution in [-0.4, -0.2) is 17.3 Å². The van der Waals surface area contributed by atoms with Crippen LogP contribution in [0.4, 0.5) is 5.69 Å². The summed E-state index contributed by atoms with van der Waals surface area (Å²) in [6, 6.07) is 18.6. The van der Waals surface area contributed by atoms with Crippen LogP contribution in [0.1, 0.15) is 16.1 Å². The van der Waals surface area contributed by atoms with Gasteiger partial charge in [-0.05, 0) is 24.3 Å². The second-order valence-corrected chi connectivity index (χ2v) is 5.15. The third kappa shape index (κ3) is 4.18. The molecule has 3 rings (SSSR count). The average molecular weight is 337 g/mol. The van der Waals surface area contributed by atoms with Crippen molar-refractivity contribution < 1.29 is 19.6 Å². The molecule has 7 heteroatoms. The van der Waals surface area contributed by atoms with Crippen molar-refractivity contribution >= 4 is 17.8 Å². The molecule has 1 unspecified atom stereocenters. The van der Waals surface area contributed by atoms with E-state index in [1.165, 1.54) is 18.3 Å². The first-order valence-corrected chi connectivity index (χ1v) is 7.45. The molecule has 0 aliphatic carbocycles. The van der Waals surface area contributed by atoms with Crippen molar-refractivity contribution in [1.82, 2.24) is 5.43 Å². The maximum absolute atomic E-state index is 11.9. The summed E-state index contributed by atoms with van der Waals surface area (Å²) in [5.74, 6) is 0.626. The molecular weight excluding hydrogens is 322 g/mol. The molecule has 2 aromatic carbocycles. The maximum atomic E-state index is 11.9. The lowest BCUT2D eigenvalue weighted by molar-refractivity contribution is -0.991. The molecule has 0 aliphatic heterocycles. The van der Waals surface area contributed by atoms with E-state index in [9.17, 15) is 10.0 Å². The Labute approximate surface area is 143 Å². The topological polar surface area (TPSA) is 102 Å². The molecule has 1 atom stereocenters. The van der Waals surface area contributed by atoms with Gasteiger partial charge in [-0.1, -0.05) is 30.3 Å². The van der Waals surface area contributed by atoms with E-state index in [1.54, 1.807) is 48.5 Å². The third-order valence-corrected chi connectivity index (χ3v) is 3.41. The molecule has 3 aromatic rings. The van der Waals surface area contributed by atoms with E-state index in [4.69, 9.17) is 9.62 Å². The summed E-state index contributed by atoms with van der Waals surface area (Å²) in [4.78, 5) is 11.9. The Hall–Kier alpha value is -3.26. The summed E-state index contributed by atoms with van der Waals surface area (Å²) in [5.41, 5.74) is 3.74. The van der Waals surface area contributed by atoms with Gasteiger partial charge in [0.25, 0.3) is 5.91 Å². The van der Waals surface area contributed by atoms with Crippen LogP contribution >= 0.6 is 0 Å². The standard InChI is InChI=1S/C18H15N3O4/c22-18(13-5-2-1-3-6-13)20-19-12-16-9-10-17(25-16)14-7-4-8-15(11-14)21(23)24/h1-12,21,23H,(H,20,22). The summed E-state index contributed by atoms with van der Waals surface area (Å²) >= 11 is 0. The summed E-state index contributed by atoms with van der Waals surface area (Å²) in [6.45, 7) is 0. The lowest BCUT2D eigenvalue weighted by Crippen LogP contribution is -2.99. The Balaban J connectivity index is 1.67. The van der Waals surface area contributed by atoms with Crippen molar-refractivity contribution in [2.75, 3.05) is 0 Å². The number of amides is 1. The van der Waals surface area contributed by atoms with Gasteiger partial charge < -0.3 is 9.62 Å². The molecule has 1 heterocycles. The van der Waals surface area contributed by atoms with Crippen molar-refractivity contribution in [3.05, 3.63) is 83.3 Å². The SMILES string of the molecule is O=C(NN=Cc1ccc(-c2cccc([NH+]([O-])O)c2)o1)c1ccccc1. The molecule has 1 amide bonds. The van der Waals surface area contributed by atoms with Crippen LogP contribution in [0.5, 0.6) is 0 Å². The Bertz CT molecular complexity index is 888. The van der Waals surface area contributed by atoms with Crippen molar-refractivity contribution in [3.8, 4) is 11.3 Å². The number of benzene rings is 2. The van der Waals surface area contributed by atoms with Crippen LogP contribution < -0.4 is 10.7 Å². The minimum atomic E-state index is -1.00. The Kier molecular flexibility index (Phi) is 5.00. The minimum absolute atomic E-state index is 0.180. The smallest absolute Gasteiger partial charge is 0.271 e. The monoisotopic (exact) mass is 337 g/mol. The second-order valence-electron chi connectivity index (χ2n) is 5.15. The lowest BCUT2D eigenvalue weighted by Gasteiger charge is -2.11. The highest BCUT2D eigenvalue weighted by Gasteiger charge is 2.07. The normalized spacial score (nSPS) is 12.2. The largest absolute Gasteiger partial charge is 0.595 e. The number of hydrogen-bond donors (Lipinski definition) is 3. The number of carbonyl (C=O) groups is 1. The van der Waals surface area contributed by atoms with E-state index in [-0.39, 0.29) is 11.6 Å². The van der Waals surface area contributed by atoms with Gasteiger partial charge in [0.1, 0.15) is 11.5 Å². The fourth-order valence-electron chi connectivity index (χ4n) is 2.19. The fraction of sp³-hybridized carbons (Fsp3) is 0. The van der Waals surface area contributed by atoms with Crippen LogP contribution in [-0.2, 0) is 0 Å². The molecule has 3 N–H and O–H groups in total. The molecular formula is C18H15N3O4. The number of hydrazone groups is 1. The number of nitrogens with one attached hydrogen (secondary N) is 2. The first-order chi connectivity index (χ1) is 12.1. The van der Waals surface area contributed by atoms with Crippen LogP contribution in [0.3, 0.4) is 0 Å². The first-order valence-electron chi connectivity index (χ1n) is 7.45. The van der Waals surface area contributed by atoms with E-state index in [2.05, 4.69) is 10.5 Å². The number of hydrogen-bond acceptors (Lipinski definition) is 5.